The number of hydrogen-bond acceptors (Lipinski definition) is 4. The van der Waals surface area contributed by atoms with Gasteiger partial charge in [-0.3, -0.25) is 0 Å². The van der Waals surface area contributed by atoms with Crippen LogP contribution in [0.4, 0.5) is 29.1 Å². The van der Waals surface area contributed by atoms with Gasteiger partial charge in [-0.05, 0) is 19.1 Å². The fourth-order valence-electron chi connectivity index (χ4n) is 2.74. The number of halogens is 4. The number of aromatic nitrogens is 2. The van der Waals surface area contributed by atoms with E-state index in [9.17, 15) is 17.6 Å². The van der Waals surface area contributed by atoms with Crippen molar-refractivity contribution in [2.24, 2.45) is 0 Å². The lowest BCUT2D eigenvalue weighted by Gasteiger charge is -2.37. The van der Waals surface area contributed by atoms with Gasteiger partial charge in [-0.15, -0.1) is 0 Å². The van der Waals surface area contributed by atoms with Crippen LogP contribution in [-0.2, 0) is 6.18 Å². The van der Waals surface area contributed by atoms with Gasteiger partial charge >= 0.3 is 6.18 Å². The van der Waals surface area contributed by atoms with Gasteiger partial charge in [0.15, 0.2) is 0 Å². The highest BCUT2D eigenvalue weighted by Gasteiger charge is 2.34. The molecule has 4 nitrogen and oxygen atoms in total. The van der Waals surface area contributed by atoms with Gasteiger partial charge in [0.2, 0.25) is 0 Å². The molecule has 2 heterocycles. The summed E-state index contributed by atoms with van der Waals surface area (Å²) in [4.78, 5) is 11.2. The second kappa shape index (κ2) is 6.26. The Hall–Kier alpha value is -2.38. The van der Waals surface area contributed by atoms with Crippen LogP contribution in [0.2, 0.25) is 0 Å². The van der Waals surface area contributed by atoms with E-state index in [0.29, 0.717) is 31.9 Å². The zero-order valence-corrected chi connectivity index (χ0v) is 13.0. The van der Waals surface area contributed by atoms with Crippen LogP contribution in [0.5, 0.6) is 0 Å². The number of para-hydroxylation sites is 1. The summed E-state index contributed by atoms with van der Waals surface area (Å²) in [5, 5.41) is 0. The number of alkyl halides is 3. The smallest absolute Gasteiger partial charge is 0.366 e. The number of rotatable bonds is 2. The van der Waals surface area contributed by atoms with Gasteiger partial charge in [-0.2, -0.15) is 13.2 Å². The monoisotopic (exact) mass is 340 g/mol. The molecule has 2 aromatic rings. The van der Waals surface area contributed by atoms with Gasteiger partial charge in [-0.1, -0.05) is 12.1 Å². The van der Waals surface area contributed by atoms with E-state index < -0.39 is 11.9 Å². The third-order valence-corrected chi connectivity index (χ3v) is 3.91. The molecule has 0 spiro atoms. The fourth-order valence-corrected chi connectivity index (χ4v) is 2.74. The Morgan fingerprint density at radius 2 is 1.58 bits per heavy atom. The van der Waals surface area contributed by atoms with E-state index in [2.05, 4.69) is 9.97 Å². The van der Waals surface area contributed by atoms with Gasteiger partial charge in [0.1, 0.15) is 23.2 Å². The molecule has 0 saturated carbocycles. The average molecular weight is 340 g/mol. The van der Waals surface area contributed by atoms with Crippen molar-refractivity contribution in [1.29, 1.82) is 0 Å². The van der Waals surface area contributed by atoms with Crippen LogP contribution in [0.25, 0.3) is 0 Å². The molecule has 0 atom stereocenters. The summed E-state index contributed by atoms with van der Waals surface area (Å²) in [5.74, 6) is 0.0301. The first-order valence-corrected chi connectivity index (χ1v) is 7.52. The average Bonchev–Trinajstić information content (AvgIpc) is 2.54. The zero-order chi connectivity index (χ0) is 17.3. The third kappa shape index (κ3) is 3.42. The Bertz CT molecular complexity index is 724. The first kappa shape index (κ1) is 16.5. The molecule has 24 heavy (non-hydrogen) atoms. The van der Waals surface area contributed by atoms with E-state index in [4.69, 9.17) is 0 Å². The predicted octanol–water partition coefficient (Wildman–Crippen LogP) is 3.27. The quantitative estimate of drug-likeness (QED) is 0.786. The van der Waals surface area contributed by atoms with Crippen molar-refractivity contribution >= 4 is 11.5 Å². The van der Waals surface area contributed by atoms with Crippen LogP contribution >= 0.6 is 0 Å². The van der Waals surface area contributed by atoms with Gasteiger partial charge in [-0.25, -0.2) is 14.4 Å². The summed E-state index contributed by atoms with van der Waals surface area (Å²) in [5.41, 5.74) is -0.437. The Labute approximate surface area is 136 Å². The van der Waals surface area contributed by atoms with Crippen LogP contribution in [0.3, 0.4) is 0 Å². The standard InChI is InChI=1S/C16H16F4N4/c1-11-21-14(16(18,19)20)10-15(22-11)24-8-6-23(7-9-24)13-5-3-2-4-12(13)17/h2-5,10H,6-9H2,1H3. The van der Waals surface area contributed by atoms with Crippen LogP contribution in [0, 0.1) is 12.7 Å². The maximum Gasteiger partial charge on any atom is 0.433 e. The number of aryl methyl sites for hydroxylation is 1. The lowest BCUT2D eigenvalue weighted by molar-refractivity contribution is -0.141. The topological polar surface area (TPSA) is 32.3 Å². The summed E-state index contributed by atoms with van der Waals surface area (Å²) in [7, 11) is 0. The molecule has 0 N–H and O–H groups in total. The van der Waals surface area contributed by atoms with Crippen molar-refractivity contribution in [1.82, 2.24) is 9.97 Å². The summed E-state index contributed by atoms with van der Waals surface area (Å²) < 4.78 is 52.5. The van der Waals surface area contributed by atoms with E-state index in [1.54, 1.807) is 23.1 Å². The maximum atomic E-state index is 13.8. The highest BCUT2D eigenvalue weighted by atomic mass is 19.4. The second-order valence-corrected chi connectivity index (χ2v) is 5.58. The van der Waals surface area contributed by atoms with Crippen LogP contribution in [-0.4, -0.2) is 36.1 Å². The van der Waals surface area contributed by atoms with E-state index in [0.717, 1.165) is 6.07 Å². The van der Waals surface area contributed by atoms with E-state index in [1.165, 1.54) is 13.0 Å². The van der Waals surface area contributed by atoms with Crippen molar-refractivity contribution in [2.45, 2.75) is 13.1 Å². The van der Waals surface area contributed by atoms with Crippen molar-refractivity contribution in [2.75, 3.05) is 36.0 Å². The Morgan fingerprint density at radius 3 is 2.21 bits per heavy atom. The van der Waals surface area contributed by atoms with Gasteiger partial charge < -0.3 is 9.80 Å². The molecule has 0 bridgehead atoms. The molecule has 1 saturated heterocycles. The molecule has 1 aromatic carbocycles. The van der Waals surface area contributed by atoms with Gasteiger partial charge in [0.05, 0.1) is 5.69 Å². The Morgan fingerprint density at radius 1 is 0.958 bits per heavy atom. The predicted molar refractivity (Wildman–Crippen MR) is 82.6 cm³/mol. The van der Waals surface area contributed by atoms with Gasteiger partial charge in [0, 0.05) is 32.2 Å². The van der Waals surface area contributed by atoms with Crippen molar-refractivity contribution < 1.29 is 17.6 Å². The van der Waals surface area contributed by atoms with Crippen molar-refractivity contribution in [3.05, 3.63) is 47.7 Å². The lowest BCUT2D eigenvalue weighted by Crippen LogP contribution is -2.47. The lowest BCUT2D eigenvalue weighted by atomic mass is 10.2. The molecular formula is C16H16F4N4. The summed E-state index contributed by atoms with van der Waals surface area (Å²) in [6.07, 6.45) is -4.50. The number of anilines is 2. The summed E-state index contributed by atoms with van der Waals surface area (Å²) in [6, 6.07) is 7.43. The van der Waals surface area contributed by atoms with Crippen LogP contribution in [0.1, 0.15) is 11.5 Å². The van der Waals surface area contributed by atoms with Crippen LogP contribution in [0.15, 0.2) is 30.3 Å². The Kier molecular flexibility index (Phi) is 4.29. The number of nitrogens with zero attached hydrogens (tertiary/aromatic N) is 4. The number of hydrogen-bond donors (Lipinski definition) is 0. The fraction of sp³-hybridized carbons (Fsp3) is 0.375. The first-order valence-electron chi connectivity index (χ1n) is 7.52. The largest absolute Gasteiger partial charge is 0.433 e. The van der Waals surface area contributed by atoms with E-state index in [1.807, 2.05) is 4.90 Å². The minimum atomic E-state index is -4.50. The van der Waals surface area contributed by atoms with Gasteiger partial charge in [0.25, 0.3) is 0 Å². The number of piperazine rings is 1. The molecule has 1 aromatic heterocycles. The minimum absolute atomic E-state index is 0.0800. The molecule has 128 valence electrons. The summed E-state index contributed by atoms with van der Waals surface area (Å²) in [6.45, 7) is 3.37. The molecule has 1 fully saturated rings. The molecule has 0 unspecified atom stereocenters. The molecule has 1 aliphatic rings. The molecular weight excluding hydrogens is 324 g/mol. The van der Waals surface area contributed by atoms with Crippen molar-refractivity contribution in [3.8, 4) is 0 Å². The number of benzene rings is 1. The van der Waals surface area contributed by atoms with E-state index in [-0.39, 0.29) is 17.5 Å². The van der Waals surface area contributed by atoms with E-state index >= 15 is 0 Å². The normalized spacial score (nSPS) is 15.7. The molecule has 0 aliphatic carbocycles. The molecule has 3 rings (SSSR count). The SMILES string of the molecule is Cc1nc(N2CCN(c3ccccc3F)CC2)cc(C(F)(F)F)n1. The summed E-state index contributed by atoms with van der Waals surface area (Å²) >= 11 is 0. The molecule has 8 heteroatoms. The van der Waals surface area contributed by atoms with Crippen molar-refractivity contribution in [3.63, 3.8) is 0 Å². The highest BCUT2D eigenvalue weighted by molar-refractivity contribution is 5.50. The maximum absolute atomic E-state index is 13.8. The second-order valence-electron chi connectivity index (χ2n) is 5.58. The highest BCUT2D eigenvalue weighted by Crippen LogP contribution is 2.30. The minimum Gasteiger partial charge on any atom is -0.366 e. The first-order chi connectivity index (χ1) is 11.3. The van der Waals surface area contributed by atoms with Crippen LogP contribution < -0.4 is 9.80 Å². The molecule has 1 aliphatic heterocycles. The molecule has 0 amide bonds. The Balaban J connectivity index is 1.76. The molecule has 0 radical (unpaired) electrons. The zero-order valence-electron chi connectivity index (χ0n) is 13.0. The third-order valence-electron chi connectivity index (χ3n) is 3.91.